The average Bonchev–Trinajstić information content (AvgIpc) is 2.37. The van der Waals surface area contributed by atoms with Crippen molar-refractivity contribution >= 4 is 15.9 Å². The lowest BCUT2D eigenvalue weighted by atomic mass is 10.2. The maximum absolute atomic E-state index is 13.6. The van der Waals surface area contributed by atoms with E-state index in [4.69, 9.17) is 4.74 Å². The Morgan fingerprint density at radius 2 is 2.19 bits per heavy atom. The second-order valence-corrected chi connectivity index (χ2v) is 6.08. The maximum Gasteiger partial charge on any atom is 0.266 e. The highest BCUT2D eigenvalue weighted by Crippen LogP contribution is 2.15. The van der Waals surface area contributed by atoms with Gasteiger partial charge < -0.3 is 4.74 Å². The summed E-state index contributed by atoms with van der Waals surface area (Å²) in [5.41, 5.74) is 0.595. The van der Waals surface area contributed by atoms with Crippen molar-refractivity contribution in [2.45, 2.75) is 24.7 Å². The van der Waals surface area contributed by atoms with E-state index < -0.39 is 26.6 Å². The molecule has 1 rings (SSSR count). The smallest absolute Gasteiger partial charge is 0.266 e. The molecule has 1 N–H and O–H groups in total. The minimum atomic E-state index is -4.19. The number of halogens is 1. The van der Waals surface area contributed by atoms with Crippen molar-refractivity contribution in [3.63, 3.8) is 0 Å². The van der Waals surface area contributed by atoms with Crippen molar-refractivity contribution in [2.75, 3.05) is 13.2 Å². The summed E-state index contributed by atoms with van der Waals surface area (Å²) in [5, 5.41) is 0. The van der Waals surface area contributed by atoms with E-state index in [1.165, 1.54) is 6.07 Å². The first kappa shape index (κ1) is 17.3. The van der Waals surface area contributed by atoms with Gasteiger partial charge in [0.2, 0.25) is 5.91 Å². The number of hydrogen-bond acceptors (Lipinski definition) is 4. The molecule has 0 radical (unpaired) electrons. The molecule has 0 aliphatic rings. The molecule has 5 nitrogen and oxygen atoms in total. The van der Waals surface area contributed by atoms with Crippen molar-refractivity contribution in [1.29, 1.82) is 0 Å². The van der Waals surface area contributed by atoms with Crippen LogP contribution in [0.15, 0.2) is 35.7 Å². The second kappa shape index (κ2) is 7.90. The van der Waals surface area contributed by atoms with E-state index in [9.17, 15) is 17.6 Å². The summed E-state index contributed by atoms with van der Waals surface area (Å²) in [5.74, 6) is -1.58. The highest BCUT2D eigenvalue weighted by Gasteiger charge is 2.21. The molecular formula is C14H18FNO4S. The molecule has 0 aromatic heterocycles. The monoisotopic (exact) mass is 315 g/mol. The van der Waals surface area contributed by atoms with Gasteiger partial charge in [-0.15, -0.1) is 6.58 Å². The largest absolute Gasteiger partial charge is 0.377 e. The molecule has 0 fully saturated rings. The Labute approximate surface area is 123 Å². The number of nitrogens with one attached hydrogen (secondary N) is 1. The number of rotatable bonds is 8. The van der Waals surface area contributed by atoms with Gasteiger partial charge in [-0.05, 0) is 31.0 Å². The summed E-state index contributed by atoms with van der Waals surface area (Å²) < 4.78 is 44.3. The van der Waals surface area contributed by atoms with Crippen molar-refractivity contribution in [3.8, 4) is 0 Å². The number of hydrogen-bond donors (Lipinski definition) is 1. The first-order valence-corrected chi connectivity index (χ1v) is 7.85. The Hall–Kier alpha value is -1.73. The molecule has 0 heterocycles. The summed E-state index contributed by atoms with van der Waals surface area (Å²) in [4.78, 5) is 11.0. The Kier molecular flexibility index (Phi) is 6.51. The Morgan fingerprint density at radius 1 is 1.48 bits per heavy atom. The summed E-state index contributed by atoms with van der Waals surface area (Å²) in [6.45, 7) is 5.80. The number of benzene rings is 1. The number of ether oxygens (including phenoxy) is 1. The lowest BCUT2D eigenvalue weighted by Crippen LogP contribution is -2.31. The maximum atomic E-state index is 13.6. The zero-order chi connectivity index (χ0) is 15.9. The third-order valence-electron chi connectivity index (χ3n) is 2.55. The van der Waals surface area contributed by atoms with Crippen LogP contribution in [0.3, 0.4) is 0 Å². The van der Waals surface area contributed by atoms with Gasteiger partial charge in [-0.25, -0.2) is 17.5 Å². The molecule has 0 saturated carbocycles. The van der Waals surface area contributed by atoms with Crippen LogP contribution >= 0.6 is 0 Å². The van der Waals surface area contributed by atoms with Crippen LogP contribution in [-0.4, -0.2) is 27.5 Å². The van der Waals surface area contributed by atoms with Gasteiger partial charge in [-0.1, -0.05) is 12.1 Å². The van der Waals surface area contributed by atoms with Crippen molar-refractivity contribution in [3.05, 3.63) is 42.2 Å². The Bertz CT molecular complexity index is 613. The topological polar surface area (TPSA) is 72.5 Å². The van der Waals surface area contributed by atoms with E-state index in [1.54, 1.807) is 13.0 Å². The molecule has 0 atom stereocenters. The first-order valence-electron chi connectivity index (χ1n) is 6.37. The van der Waals surface area contributed by atoms with E-state index in [0.717, 1.165) is 12.1 Å². The van der Waals surface area contributed by atoms with Crippen LogP contribution < -0.4 is 4.72 Å². The van der Waals surface area contributed by atoms with E-state index in [2.05, 4.69) is 6.58 Å². The summed E-state index contributed by atoms with van der Waals surface area (Å²) in [6, 6.07) is 3.70. The summed E-state index contributed by atoms with van der Waals surface area (Å²) in [7, 11) is -4.19. The molecule has 0 saturated heterocycles. The fourth-order valence-electron chi connectivity index (χ4n) is 1.58. The van der Waals surface area contributed by atoms with Crippen LogP contribution in [-0.2, 0) is 19.6 Å². The molecule has 1 amide bonds. The standard InChI is InChI=1S/C14H18FNO4S/c1-3-8-20-9-4-5-14(17)16-21(18,19)13-7-6-11(2)10-12(13)15/h3,6-7,10H,1,4-5,8-9H2,2H3,(H,16,17). The van der Waals surface area contributed by atoms with Crippen LogP contribution in [0.25, 0.3) is 0 Å². The lowest BCUT2D eigenvalue weighted by Gasteiger charge is -2.08. The third-order valence-corrected chi connectivity index (χ3v) is 3.96. The molecule has 0 unspecified atom stereocenters. The molecule has 0 aliphatic heterocycles. The number of sulfonamides is 1. The average molecular weight is 315 g/mol. The second-order valence-electron chi connectivity index (χ2n) is 4.43. The highest BCUT2D eigenvalue weighted by atomic mass is 32.2. The normalized spacial score (nSPS) is 11.1. The van der Waals surface area contributed by atoms with Crippen molar-refractivity contribution in [2.24, 2.45) is 0 Å². The van der Waals surface area contributed by atoms with Crippen molar-refractivity contribution in [1.82, 2.24) is 4.72 Å². The van der Waals surface area contributed by atoms with Crippen LogP contribution in [0.5, 0.6) is 0 Å². The quantitative estimate of drug-likeness (QED) is 0.587. The van der Waals surface area contributed by atoms with Crippen molar-refractivity contribution < 1.29 is 22.3 Å². The minimum absolute atomic E-state index is 0.0240. The van der Waals surface area contributed by atoms with E-state index in [-0.39, 0.29) is 6.42 Å². The molecular weight excluding hydrogens is 297 g/mol. The van der Waals surface area contributed by atoms with Gasteiger partial charge in [0, 0.05) is 13.0 Å². The van der Waals surface area contributed by atoms with Gasteiger partial charge in [-0.2, -0.15) is 0 Å². The predicted octanol–water partition coefficient (Wildman–Crippen LogP) is 1.92. The molecule has 7 heteroatoms. The van der Waals surface area contributed by atoms with Gasteiger partial charge in [0.15, 0.2) is 0 Å². The molecule has 0 aliphatic carbocycles. The minimum Gasteiger partial charge on any atom is -0.377 e. The fraction of sp³-hybridized carbons (Fsp3) is 0.357. The highest BCUT2D eigenvalue weighted by molar-refractivity contribution is 7.90. The molecule has 1 aromatic carbocycles. The Morgan fingerprint density at radius 3 is 2.81 bits per heavy atom. The van der Waals surface area contributed by atoms with Gasteiger partial charge in [0.25, 0.3) is 10.0 Å². The van der Waals surface area contributed by atoms with E-state index >= 15 is 0 Å². The molecule has 116 valence electrons. The summed E-state index contributed by atoms with van der Waals surface area (Å²) >= 11 is 0. The zero-order valence-electron chi connectivity index (χ0n) is 11.8. The molecule has 0 bridgehead atoms. The predicted molar refractivity (Wildman–Crippen MR) is 76.7 cm³/mol. The SMILES string of the molecule is C=CCOCCCC(=O)NS(=O)(=O)c1ccc(C)cc1F. The van der Waals surface area contributed by atoms with Crippen LogP contribution in [0.2, 0.25) is 0 Å². The number of carbonyl (C=O) groups is 1. The van der Waals surface area contributed by atoms with Crippen LogP contribution in [0, 0.1) is 12.7 Å². The third kappa shape index (κ3) is 5.65. The van der Waals surface area contributed by atoms with Gasteiger partial charge >= 0.3 is 0 Å². The first-order chi connectivity index (χ1) is 9.86. The van der Waals surface area contributed by atoms with E-state index in [0.29, 0.717) is 25.2 Å². The zero-order valence-corrected chi connectivity index (χ0v) is 12.6. The molecule has 1 aromatic rings. The van der Waals surface area contributed by atoms with Crippen LogP contribution in [0.4, 0.5) is 4.39 Å². The lowest BCUT2D eigenvalue weighted by molar-refractivity contribution is -0.119. The van der Waals surface area contributed by atoms with Gasteiger partial charge in [0.05, 0.1) is 6.61 Å². The molecule has 21 heavy (non-hydrogen) atoms. The number of carbonyl (C=O) groups excluding carboxylic acids is 1. The van der Waals surface area contributed by atoms with E-state index in [1.807, 2.05) is 4.72 Å². The molecule has 0 spiro atoms. The number of amides is 1. The van der Waals surface area contributed by atoms with Gasteiger partial charge in [-0.3, -0.25) is 4.79 Å². The fourth-order valence-corrected chi connectivity index (χ4v) is 2.66. The Balaban J connectivity index is 2.59. The van der Waals surface area contributed by atoms with Crippen LogP contribution in [0.1, 0.15) is 18.4 Å². The number of aryl methyl sites for hydroxylation is 1. The van der Waals surface area contributed by atoms with Gasteiger partial charge in [0.1, 0.15) is 10.7 Å². The summed E-state index contributed by atoms with van der Waals surface area (Å²) in [6.07, 6.45) is 1.92.